The van der Waals surface area contributed by atoms with Crippen LogP contribution in [-0.4, -0.2) is 28.2 Å². The summed E-state index contributed by atoms with van der Waals surface area (Å²) in [6.45, 7) is 0. The highest BCUT2D eigenvalue weighted by atomic mass is 35.7. The molecule has 0 unspecified atom stereocenters. The molecule has 0 aliphatic heterocycles. The van der Waals surface area contributed by atoms with Crippen molar-refractivity contribution in [2.24, 2.45) is 0 Å². The minimum atomic E-state index is -0.834. The third kappa shape index (κ3) is 3.45. The maximum Gasteiger partial charge on any atom is 0.0525 e. The minimum Gasteiger partial charge on any atom is -0.378 e. The lowest BCUT2D eigenvalue weighted by molar-refractivity contribution is 1.13. The molecule has 0 bridgehead atoms. The van der Waals surface area contributed by atoms with E-state index < -0.39 is 7.27 Å². The van der Waals surface area contributed by atoms with Crippen LogP contribution in [0.2, 0.25) is 0 Å². The van der Waals surface area contributed by atoms with E-state index in [1.54, 1.807) is 0 Å². The Bertz CT molecular complexity index is 533. The van der Waals surface area contributed by atoms with Gasteiger partial charge in [0.2, 0.25) is 0 Å². The Morgan fingerprint density at radius 3 is 1.50 bits per heavy atom. The van der Waals surface area contributed by atoms with Gasteiger partial charge in [0, 0.05) is 39.6 Å². The van der Waals surface area contributed by atoms with Gasteiger partial charge in [-0.3, -0.25) is 0 Å². The second-order valence-corrected chi connectivity index (χ2v) is 7.72. The molecule has 0 saturated carbocycles. The summed E-state index contributed by atoms with van der Waals surface area (Å²) in [4.78, 5) is 4.19. The van der Waals surface area contributed by atoms with Crippen molar-refractivity contribution in [3.05, 3.63) is 48.5 Å². The fourth-order valence-electron chi connectivity index (χ4n) is 1.94. The van der Waals surface area contributed by atoms with Crippen molar-refractivity contribution < 1.29 is 0 Å². The first-order valence-corrected chi connectivity index (χ1v) is 8.74. The van der Waals surface area contributed by atoms with Gasteiger partial charge in [0.15, 0.2) is 0 Å². The second kappa shape index (κ2) is 6.47. The van der Waals surface area contributed by atoms with Crippen LogP contribution in [0.4, 0.5) is 11.4 Å². The van der Waals surface area contributed by atoms with Crippen LogP contribution < -0.4 is 20.4 Å². The summed E-state index contributed by atoms with van der Waals surface area (Å²) in [6, 6.07) is 16.9. The molecule has 0 spiro atoms. The van der Waals surface area contributed by atoms with Crippen molar-refractivity contribution >= 4 is 40.5 Å². The molecule has 0 amide bonds. The first-order chi connectivity index (χ1) is 9.49. The number of hydrogen-bond donors (Lipinski definition) is 0. The fraction of sp³-hybridized carbons (Fsp3) is 0.250. The van der Waals surface area contributed by atoms with Crippen LogP contribution in [0.3, 0.4) is 0 Å². The second-order valence-electron chi connectivity index (χ2n) is 5.11. The standard InChI is InChI=1S/C16H20ClN2P/c1-18(2)13-7-5-9-15(11-13)20(17)16-10-6-8-14(12-16)19(3)4/h5-12H,1-4H3. The molecule has 0 N–H and O–H groups in total. The SMILES string of the molecule is CN(C)c1cccc(P(Cl)c2cccc(N(C)C)c2)c1. The van der Waals surface area contributed by atoms with E-state index in [1.165, 1.54) is 22.0 Å². The summed E-state index contributed by atoms with van der Waals surface area (Å²) in [7, 11) is 7.34. The van der Waals surface area contributed by atoms with E-state index in [0.717, 1.165) is 0 Å². The van der Waals surface area contributed by atoms with Crippen molar-refractivity contribution in [1.29, 1.82) is 0 Å². The number of rotatable bonds is 4. The quantitative estimate of drug-likeness (QED) is 0.799. The molecule has 0 aliphatic rings. The lowest BCUT2D eigenvalue weighted by Crippen LogP contribution is -2.15. The molecule has 106 valence electrons. The molecule has 0 heterocycles. The van der Waals surface area contributed by atoms with E-state index in [4.69, 9.17) is 11.2 Å². The largest absolute Gasteiger partial charge is 0.378 e. The Balaban J connectivity index is 2.33. The number of anilines is 2. The average Bonchev–Trinajstić information content (AvgIpc) is 2.46. The topological polar surface area (TPSA) is 6.48 Å². The molecule has 0 saturated heterocycles. The number of halogens is 1. The maximum atomic E-state index is 6.71. The summed E-state index contributed by atoms with van der Waals surface area (Å²) in [5, 5.41) is 2.37. The van der Waals surface area contributed by atoms with Gasteiger partial charge in [0.1, 0.15) is 0 Å². The van der Waals surface area contributed by atoms with Crippen LogP contribution in [0.5, 0.6) is 0 Å². The molecule has 0 fully saturated rings. The molecular formula is C16H20ClN2P. The van der Waals surface area contributed by atoms with Gasteiger partial charge in [-0.2, -0.15) is 0 Å². The van der Waals surface area contributed by atoms with Gasteiger partial charge in [-0.1, -0.05) is 35.5 Å². The molecule has 2 aromatic carbocycles. The van der Waals surface area contributed by atoms with Crippen molar-refractivity contribution in [3.8, 4) is 0 Å². The van der Waals surface area contributed by atoms with Gasteiger partial charge in [-0.15, -0.1) is 0 Å². The zero-order chi connectivity index (χ0) is 14.7. The van der Waals surface area contributed by atoms with E-state index in [1.807, 2.05) is 28.2 Å². The van der Waals surface area contributed by atoms with Crippen LogP contribution in [0.1, 0.15) is 0 Å². The van der Waals surface area contributed by atoms with Crippen molar-refractivity contribution in [1.82, 2.24) is 0 Å². The Morgan fingerprint density at radius 1 is 0.750 bits per heavy atom. The summed E-state index contributed by atoms with van der Waals surface area (Å²) in [5.74, 6) is 0. The average molecular weight is 307 g/mol. The normalized spacial score (nSPS) is 10.7. The van der Waals surface area contributed by atoms with Crippen LogP contribution in [0.25, 0.3) is 0 Å². The van der Waals surface area contributed by atoms with E-state index in [-0.39, 0.29) is 0 Å². The fourth-order valence-corrected chi connectivity index (χ4v) is 3.79. The van der Waals surface area contributed by atoms with Gasteiger partial charge in [-0.25, -0.2) is 0 Å². The molecule has 0 aromatic heterocycles. The molecule has 0 aliphatic carbocycles. The molecule has 0 atom stereocenters. The highest BCUT2D eigenvalue weighted by Gasteiger charge is 2.12. The smallest absolute Gasteiger partial charge is 0.0525 e. The summed E-state index contributed by atoms with van der Waals surface area (Å²) < 4.78 is 0. The molecule has 2 aromatic rings. The van der Waals surface area contributed by atoms with E-state index >= 15 is 0 Å². The minimum absolute atomic E-state index is 0.834. The third-order valence-electron chi connectivity index (χ3n) is 3.15. The number of nitrogens with zero attached hydrogens (tertiary/aromatic N) is 2. The van der Waals surface area contributed by atoms with Crippen LogP contribution >= 0.6 is 18.5 Å². The molecule has 2 rings (SSSR count). The van der Waals surface area contributed by atoms with Crippen LogP contribution in [0.15, 0.2) is 48.5 Å². The van der Waals surface area contributed by atoms with E-state index in [2.05, 4.69) is 58.3 Å². The van der Waals surface area contributed by atoms with Gasteiger partial charge in [0.25, 0.3) is 0 Å². The third-order valence-corrected chi connectivity index (χ3v) is 5.78. The number of benzene rings is 2. The van der Waals surface area contributed by atoms with Gasteiger partial charge in [0.05, 0.1) is 7.27 Å². The molecule has 2 nitrogen and oxygen atoms in total. The van der Waals surface area contributed by atoms with Crippen molar-refractivity contribution in [3.63, 3.8) is 0 Å². The van der Waals surface area contributed by atoms with Gasteiger partial charge >= 0.3 is 0 Å². The lowest BCUT2D eigenvalue weighted by atomic mass is 10.3. The van der Waals surface area contributed by atoms with Crippen molar-refractivity contribution in [2.75, 3.05) is 38.0 Å². The monoisotopic (exact) mass is 306 g/mol. The molecule has 20 heavy (non-hydrogen) atoms. The van der Waals surface area contributed by atoms with E-state index in [0.29, 0.717) is 0 Å². The van der Waals surface area contributed by atoms with Crippen LogP contribution in [-0.2, 0) is 0 Å². The van der Waals surface area contributed by atoms with Crippen molar-refractivity contribution in [2.45, 2.75) is 0 Å². The van der Waals surface area contributed by atoms with Crippen LogP contribution in [0, 0.1) is 0 Å². The summed E-state index contributed by atoms with van der Waals surface area (Å²) in [5.41, 5.74) is 2.36. The zero-order valence-electron chi connectivity index (χ0n) is 12.3. The zero-order valence-corrected chi connectivity index (χ0v) is 14.0. The van der Waals surface area contributed by atoms with E-state index in [9.17, 15) is 0 Å². The maximum absolute atomic E-state index is 6.71. The molecular weight excluding hydrogens is 287 g/mol. The van der Waals surface area contributed by atoms with Gasteiger partial charge < -0.3 is 9.80 Å². The van der Waals surface area contributed by atoms with Gasteiger partial charge in [-0.05, 0) is 34.9 Å². The summed E-state index contributed by atoms with van der Waals surface area (Å²) >= 11 is 6.71. The first kappa shape index (κ1) is 15.2. The number of hydrogen-bond acceptors (Lipinski definition) is 2. The first-order valence-electron chi connectivity index (χ1n) is 6.50. The predicted molar refractivity (Wildman–Crippen MR) is 93.6 cm³/mol. The Labute approximate surface area is 127 Å². The predicted octanol–water partition coefficient (Wildman–Crippen LogP) is 3.41. The molecule has 4 heteroatoms. The lowest BCUT2D eigenvalue weighted by Gasteiger charge is -2.18. The Hall–Kier alpha value is -1.24. The highest BCUT2D eigenvalue weighted by Crippen LogP contribution is 2.40. The Kier molecular flexibility index (Phi) is 4.91. The summed E-state index contributed by atoms with van der Waals surface area (Å²) in [6.07, 6.45) is 0. The Morgan fingerprint density at radius 2 is 1.15 bits per heavy atom. The molecule has 0 radical (unpaired) electrons. The highest BCUT2D eigenvalue weighted by molar-refractivity contribution is 7.95.